The van der Waals surface area contributed by atoms with Gasteiger partial charge in [-0.3, -0.25) is 0 Å². The third kappa shape index (κ3) is 4.11. The summed E-state index contributed by atoms with van der Waals surface area (Å²) in [6.45, 7) is 10.4. The monoisotopic (exact) mass is 434 g/mol. The highest BCUT2D eigenvalue weighted by Crippen LogP contribution is 2.31. The average molecular weight is 435 g/mol. The molecule has 2 aromatic heterocycles. The number of nitrogens with zero attached hydrogens (tertiary/aromatic N) is 8. The molecule has 9 heteroatoms. The van der Waals surface area contributed by atoms with E-state index in [2.05, 4.69) is 65.7 Å². The summed E-state index contributed by atoms with van der Waals surface area (Å²) in [4.78, 5) is 16.8. The number of carbonyl (C=O) groups is 1. The molecule has 3 aromatic rings. The first-order chi connectivity index (χ1) is 15.4. The summed E-state index contributed by atoms with van der Waals surface area (Å²) in [6.07, 6.45) is 6.31. The zero-order valence-electron chi connectivity index (χ0n) is 18.9. The highest BCUT2D eigenvalue weighted by Gasteiger charge is 2.37. The zero-order valence-corrected chi connectivity index (χ0v) is 18.9. The van der Waals surface area contributed by atoms with Crippen molar-refractivity contribution < 1.29 is 4.79 Å². The Morgan fingerprint density at radius 2 is 1.81 bits per heavy atom. The highest BCUT2D eigenvalue weighted by atomic mass is 16.2. The van der Waals surface area contributed by atoms with Crippen molar-refractivity contribution in [1.29, 1.82) is 0 Å². The first kappa shape index (κ1) is 20.7. The summed E-state index contributed by atoms with van der Waals surface area (Å²) in [5.41, 5.74) is 3.56. The Bertz CT molecular complexity index is 1060. The summed E-state index contributed by atoms with van der Waals surface area (Å²) < 4.78 is 3.83. The van der Waals surface area contributed by atoms with Gasteiger partial charge in [0.2, 0.25) is 0 Å². The number of carbonyl (C=O) groups excluding carboxylic acids is 1. The molecule has 2 amide bonds. The van der Waals surface area contributed by atoms with Crippen molar-refractivity contribution in [3.8, 4) is 11.3 Å². The second kappa shape index (κ2) is 8.03. The van der Waals surface area contributed by atoms with Crippen molar-refractivity contribution in [3.63, 3.8) is 0 Å². The van der Waals surface area contributed by atoms with Crippen LogP contribution in [0.5, 0.6) is 0 Å². The topological polar surface area (TPSA) is 85.0 Å². The molecule has 2 aliphatic heterocycles. The van der Waals surface area contributed by atoms with Crippen LogP contribution in [-0.4, -0.2) is 72.0 Å². The lowest BCUT2D eigenvalue weighted by Gasteiger charge is -2.41. The van der Waals surface area contributed by atoms with Crippen LogP contribution < -0.4 is 0 Å². The van der Waals surface area contributed by atoms with E-state index >= 15 is 0 Å². The van der Waals surface area contributed by atoms with Gasteiger partial charge in [-0.15, -0.1) is 10.2 Å². The molecule has 0 N–H and O–H groups in total. The molecular formula is C23H30N8O. The third-order valence-corrected chi connectivity index (χ3v) is 6.32. The molecule has 2 fully saturated rings. The second-order valence-electron chi connectivity index (χ2n) is 10.1. The Hall–Kier alpha value is -3.23. The van der Waals surface area contributed by atoms with Crippen molar-refractivity contribution in [2.45, 2.75) is 45.7 Å². The number of amides is 2. The lowest BCUT2D eigenvalue weighted by atomic mass is 9.91. The van der Waals surface area contributed by atoms with Crippen molar-refractivity contribution in [2.75, 3.05) is 26.2 Å². The Labute approximate surface area is 188 Å². The standard InChI is InChI=1S/C23H30N8O/c1-23(2,3)16-31-21(12-25-27-31)18-6-4-17(5-7-18)19-13-29(14-19)22(32)28-10-8-20(15-28)30-11-9-24-26-30/h4-7,9,11-12,19-20H,8,10,13-16H2,1-3H3. The van der Waals surface area contributed by atoms with E-state index in [1.54, 1.807) is 6.20 Å². The van der Waals surface area contributed by atoms with Crippen LogP contribution in [0.3, 0.4) is 0 Å². The molecule has 0 saturated carbocycles. The molecule has 1 unspecified atom stereocenters. The number of hydrogen-bond donors (Lipinski definition) is 0. The van der Waals surface area contributed by atoms with Gasteiger partial charge in [0.25, 0.3) is 0 Å². The molecule has 9 nitrogen and oxygen atoms in total. The zero-order chi connectivity index (χ0) is 22.3. The van der Waals surface area contributed by atoms with E-state index in [0.29, 0.717) is 12.5 Å². The van der Waals surface area contributed by atoms with E-state index in [9.17, 15) is 4.79 Å². The molecule has 32 heavy (non-hydrogen) atoms. The number of aromatic nitrogens is 6. The highest BCUT2D eigenvalue weighted by molar-refractivity contribution is 5.76. The maximum absolute atomic E-state index is 12.9. The van der Waals surface area contributed by atoms with Crippen molar-refractivity contribution in [3.05, 3.63) is 48.4 Å². The van der Waals surface area contributed by atoms with Gasteiger partial charge in [-0.05, 0) is 17.4 Å². The first-order valence-electron chi connectivity index (χ1n) is 11.3. The summed E-state index contributed by atoms with van der Waals surface area (Å²) in [5, 5.41) is 16.3. The van der Waals surface area contributed by atoms with Gasteiger partial charge in [0, 0.05) is 50.4 Å². The second-order valence-corrected chi connectivity index (χ2v) is 10.1. The van der Waals surface area contributed by atoms with Crippen molar-refractivity contribution >= 4 is 6.03 Å². The van der Waals surface area contributed by atoms with Crippen LogP contribution in [0.4, 0.5) is 4.79 Å². The lowest BCUT2D eigenvalue weighted by molar-refractivity contribution is 0.120. The van der Waals surface area contributed by atoms with Crippen LogP contribution >= 0.6 is 0 Å². The normalized spacial score (nSPS) is 19.4. The van der Waals surface area contributed by atoms with E-state index in [-0.39, 0.29) is 17.5 Å². The van der Waals surface area contributed by atoms with Gasteiger partial charge >= 0.3 is 6.03 Å². The van der Waals surface area contributed by atoms with E-state index in [4.69, 9.17) is 0 Å². The molecule has 2 aliphatic rings. The van der Waals surface area contributed by atoms with E-state index in [1.165, 1.54) is 5.56 Å². The van der Waals surface area contributed by atoms with E-state index in [1.807, 2.05) is 31.6 Å². The number of hydrogen-bond acceptors (Lipinski definition) is 5. The van der Waals surface area contributed by atoms with Gasteiger partial charge in [0.05, 0.1) is 24.1 Å². The summed E-state index contributed by atoms with van der Waals surface area (Å²) in [5.74, 6) is 0.388. The lowest BCUT2D eigenvalue weighted by Crippen LogP contribution is -2.53. The quantitative estimate of drug-likeness (QED) is 0.630. The number of rotatable bonds is 4. The Morgan fingerprint density at radius 3 is 2.50 bits per heavy atom. The number of urea groups is 1. The summed E-state index contributed by atoms with van der Waals surface area (Å²) in [7, 11) is 0. The minimum atomic E-state index is 0.134. The fourth-order valence-corrected chi connectivity index (χ4v) is 4.56. The van der Waals surface area contributed by atoms with Crippen LogP contribution in [0.2, 0.25) is 0 Å². The smallest absolute Gasteiger partial charge is 0.320 e. The van der Waals surface area contributed by atoms with Crippen LogP contribution in [0.15, 0.2) is 42.9 Å². The fraction of sp³-hybridized carbons (Fsp3) is 0.522. The van der Waals surface area contributed by atoms with Gasteiger partial charge in [-0.1, -0.05) is 55.5 Å². The van der Waals surface area contributed by atoms with E-state index in [0.717, 1.165) is 43.9 Å². The third-order valence-electron chi connectivity index (χ3n) is 6.32. The molecule has 2 saturated heterocycles. The van der Waals surface area contributed by atoms with Gasteiger partial charge < -0.3 is 9.80 Å². The Morgan fingerprint density at radius 1 is 1.03 bits per heavy atom. The largest absolute Gasteiger partial charge is 0.323 e. The predicted molar refractivity (Wildman–Crippen MR) is 120 cm³/mol. The molecule has 5 rings (SSSR count). The Kier molecular flexibility index (Phi) is 5.19. The van der Waals surface area contributed by atoms with Crippen molar-refractivity contribution in [1.82, 2.24) is 39.8 Å². The molecule has 1 atom stereocenters. The summed E-state index contributed by atoms with van der Waals surface area (Å²) >= 11 is 0. The van der Waals surface area contributed by atoms with E-state index < -0.39 is 0 Å². The minimum absolute atomic E-state index is 0.134. The molecule has 0 spiro atoms. The molecule has 0 radical (unpaired) electrons. The molecule has 1 aromatic carbocycles. The molecule has 0 aliphatic carbocycles. The fourth-order valence-electron chi connectivity index (χ4n) is 4.56. The van der Waals surface area contributed by atoms with Crippen molar-refractivity contribution in [2.24, 2.45) is 5.41 Å². The average Bonchev–Trinajstić information content (AvgIpc) is 3.47. The first-order valence-corrected chi connectivity index (χ1v) is 11.3. The van der Waals surface area contributed by atoms with Crippen LogP contribution in [0.1, 0.15) is 44.7 Å². The maximum Gasteiger partial charge on any atom is 0.320 e. The predicted octanol–water partition coefficient (Wildman–Crippen LogP) is 3.05. The van der Waals surface area contributed by atoms with Gasteiger partial charge in [0.1, 0.15) is 0 Å². The Balaban J connectivity index is 1.17. The molecular weight excluding hydrogens is 404 g/mol. The van der Waals surface area contributed by atoms with Crippen LogP contribution in [0.25, 0.3) is 11.3 Å². The van der Waals surface area contributed by atoms with Gasteiger partial charge in [0.15, 0.2) is 0 Å². The SMILES string of the molecule is CC(C)(C)Cn1nncc1-c1ccc(C2CN(C(=O)N3CCC(n4ccnn4)C3)C2)cc1. The van der Waals surface area contributed by atoms with Crippen LogP contribution in [-0.2, 0) is 6.54 Å². The minimum Gasteiger partial charge on any atom is -0.323 e. The molecule has 168 valence electrons. The molecule has 0 bridgehead atoms. The van der Waals surface area contributed by atoms with Crippen LogP contribution in [0, 0.1) is 5.41 Å². The molecule has 4 heterocycles. The van der Waals surface area contributed by atoms with Gasteiger partial charge in [-0.2, -0.15) is 0 Å². The summed E-state index contributed by atoms with van der Waals surface area (Å²) in [6, 6.07) is 8.99. The number of benzene rings is 1. The number of likely N-dealkylation sites (tertiary alicyclic amines) is 2. The maximum atomic E-state index is 12.9. The van der Waals surface area contributed by atoms with Gasteiger partial charge in [-0.25, -0.2) is 14.2 Å².